The minimum atomic E-state index is -0.821. The first-order valence-electron chi connectivity index (χ1n) is 4.35. The molecule has 1 aromatic heterocycles. The number of carboxylic acids is 1. The van der Waals surface area contributed by atoms with Gasteiger partial charge in [0.05, 0.1) is 12.7 Å². The molecule has 0 aliphatic carbocycles. The Morgan fingerprint density at radius 1 is 1.50 bits per heavy atom. The van der Waals surface area contributed by atoms with Gasteiger partial charge in [-0.3, -0.25) is 4.79 Å². The summed E-state index contributed by atoms with van der Waals surface area (Å²) in [7, 11) is 0. The zero-order valence-corrected chi connectivity index (χ0v) is 7.78. The van der Waals surface area contributed by atoms with Gasteiger partial charge < -0.3 is 9.52 Å². The van der Waals surface area contributed by atoms with Crippen LogP contribution in [0.4, 0.5) is 0 Å². The first-order valence-corrected chi connectivity index (χ1v) is 4.35. The smallest absolute Gasteiger partial charge is 0.307 e. The van der Waals surface area contributed by atoms with Crippen LogP contribution in [-0.2, 0) is 11.2 Å². The largest absolute Gasteiger partial charge is 0.481 e. The molecule has 3 nitrogen and oxygen atoms in total. The molecule has 0 bridgehead atoms. The summed E-state index contributed by atoms with van der Waals surface area (Å²) in [5, 5.41) is 9.61. The lowest BCUT2D eigenvalue weighted by molar-refractivity contribution is -0.136. The van der Waals surface area contributed by atoms with E-state index in [4.69, 9.17) is 9.52 Å². The first kappa shape index (κ1) is 8.81. The van der Waals surface area contributed by atoms with Gasteiger partial charge in [-0.05, 0) is 30.2 Å². The molecule has 0 unspecified atom stereocenters. The molecule has 0 spiro atoms. The van der Waals surface area contributed by atoms with Crippen LogP contribution >= 0.6 is 0 Å². The molecule has 3 heteroatoms. The number of fused-ring (bicyclic) bond motifs is 1. The van der Waals surface area contributed by atoms with Crippen molar-refractivity contribution in [2.75, 3.05) is 0 Å². The molecule has 1 heterocycles. The predicted molar refractivity (Wildman–Crippen MR) is 52.3 cm³/mol. The van der Waals surface area contributed by atoms with Gasteiger partial charge in [0, 0.05) is 5.39 Å². The molecule has 0 amide bonds. The lowest BCUT2D eigenvalue weighted by atomic mass is 10.0. The Kier molecular flexibility index (Phi) is 2.00. The standard InChI is InChI=1S/C11H10O3/c1-7-4-8(6-11(12)13)9-2-3-14-10(9)5-7/h2-5H,6H2,1H3,(H,12,13). The highest BCUT2D eigenvalue weighted by atomic mass is 16.4. The van der Waals surface area contributed by atoms with E-state index in [1.165, 1.54) is 0 Å². The van der Waals surface area contributed by atoms with Crippen LogP contribution in [-0.4, -0.2) is 11.1 Å². The molecular weight excluding hydrogens is 180 g/mol. The summed E-state index contributed by atoms with van der Waals surface area (Å²) in [5.41, 5.74) is 2.58. The van der Waals surface area contributed by atoms with E-state index in [0.717, 1.165) is 22.1 Å². The van der Waals surface area contributed by atoms with Gasteiger partial charge in [0.2, 0.25) is 0 Å². The lowest BCUT2D eigenvalue weighted by Gasteiger charge is -2.00. The van der Waals surface area contributed by atoms with E-state index in [2.05, 4.69) is 0 Å². The van der Waals surface area contributed by atoms with Gasteiger partial charge in [0.1, 0.15) is 5.58 Å². The summed E-state index contributed by atoms with van der Waals surface area (Å²) < 4.78 is 5.23. The SMILES string of the molecule is Cc1cc(CC(=O)O)c2ccoc2c1. The highest BCUT2D eigenvalue weighted by molar-refractivity contribution is 5.85. The van der Waals surface area contributed by atoms with Crippen LogP contribution < -0.4 is 0 Å². The Morgan fingerprint density at radius 2 is 2.29 bits per heavy atom. The van der Waals surface area contributed by atoms with Crippen LogP contribution in [0.1, 0.15) is 11.1 Å². The number of carboxylic acid groups (broad SMARTS) is 1. The van der Waals surface area contributed by atoms with Crippen LogP contribution in [0.2, 0.25) is 0 Å². The van der Waals surface area contributed by atoms with E-state index in [-0.39, 0.29) is 6.42 Å². The van der Waals surface area contributed by atoms with Crippen LogP contribution in [0, 0.1) is 6.92 Å². The summed E-state index contributed by atoms with van der Waals surface area (Å²) in [6.07, 6.45) is 1.62. The van der Waals surface area contributed by atoms with Gasteiger partial charge in [-0.15, -0.1) is 0 Å². The molecule has 2 rings (SSSR count). The molecule has 0 saturated heterocycles. The third-order valence-corrected chi connectivity index (χ3v) is 2.14. The predicted octanol–water partition coefficient (Wildman–Crippen LogP) is 2.37. The molecule has 1 aromatic carbocycles. The molecule has 14 heavy (non-hydrogen) atoms. The number of hydrogen-bond donors (Lipinski definition) is 1. The monoisotopic (exact) mass is 190 g/mol. The van der Waals surface area contributed by atoms with E-state index in [1.54, 1.807) is 12.3 Å². The summed E-state index contributed by atoms with van der Waals surface area (Å²) in [6, 6.07) is 5.58. The van der Waals surface area contributed by atoms with Crippen molar-refractivity contribution in [3.05, 3.63) is 35.6 Å². The number of hydrogen-bond acceptors (Lipinski definition) is 2. The molecule has 72 valence electrons. The molecule has 0 fully saturated rings. The van der Waals surface area contributed by atoms with Crippen molar-refractivity contribution in [1.29, 1.82) is 0 Å². The van der Waals surface area contributed by atoms with Crippen LogP contribution in [0.3, 0.4) is 0 Å². The van der Waals surface area contributed by atoms with Crippen molar-refractivity contribution in [2.45, 2.75) is 13.3 Å². The average Bonchev–Trinajstić information content (AvgIpc) is 2.50. The van der Waals surface area contributed by atoms with E-state index in [0.29, 0.717) is 0 Å². The molecular formula is C11H10O3. The number of furan rings is 1. The fourth-order valence-corrected chi connectivity index (χ4v) is 1.61. The molecule has 0 atom stereocenters. The van der Waals surface area contributed by atoms with Crippen LogP contribution in [0.25, 0.3) is 11.0 Å². The third-order valence-electron chi connectivity index (χ3n) is 2.14. The van der Waals surface area contributed by atoms with E-state index >= 15 is 0 Å². The van der Waals surface area contributed by atoms with Gasteiger partial charge >= 0.3 is 5.97 Å². The number of rotatable bonds is 2. The number of aryl methyl sites for hydroxylation is 1. The highest BCUT2D eigenvalue weighted by Gasteiger charge is 2.08. The van der Waals surface area contributed by atoms with Crippen molar-refractivity contribution in [3.63, 3.8) is 0 Å². The quantitative estimate of drug-likeness (QED) is 0.790. The van der Waals surface area contributed by atoms with Crippen LogP contribution in [0.15, 0.2) is 28.9 Å². The topological polar surface area (TPSA) is 50.4 Å². The molecule has 0 aliphatic heterocycles. The Hall–Kier alpha value is -1.77. The first-order chi connectivity index (χ1) is 6.66. The molecule has 0 radical (unpaired) electrons. The van der Waals surface area contributed by atoms with Gasteiger partial charge in [-0.1, -0.05) is 6.07 Å². The van der Waals surface area contributed by atoms with Crippen molar-refractivity contribution in [3.8, 4) is 0 Å². The Bertz CT molecular complexity index is 482. The van der Waals surface area contributed by atoms with Crippen LogP contribution in [0.5, 0.6) is 0 Å². The zero-order valence-electron chi connectivity index (χ0n) is 7.78. The second-order valence-electron chi connectivity index (χ2n) is 3.33. The van der Waals surface area contributed by atoms with E-state index in [9.17, 15) is 4.79 Å². The second kappa shape index (κ2) is 3.18. The molecule has 2 aromatic rings. The number of aliphatic carboxylic acids is 1. The molecule has 0 aliphatic rings. The minimum absolute atomic E-state index is 0.0394. The summed E-state index contributed by atoms with van der Waals surface area (Å²) in [5.74, 6) is -0.821. The van der Waals surface area contributed by atoms with Gasteiger partial charge in [0.25, 0.3) is 0 Å². The van der Waals surface area contributed by atoms with Gasteiger partial charge in [0.15, 0.2) is 0 Å². The fourth-order valence-electron chi connectivity index (χ4n) is 1.61. The van der Waals surface area contributed by atoms with Gasteiger partial charge in [-0.2, -0.15) is 0 Å². The zero-order chi connectivity index (χ0) is 10.1. The molecule has 1 N–H and O–H groups in total. The lowest BCUT2D eigenvalue weighted by Crippen LogP contribution is -2.00. The summed E-state index contributed by atoms with van der Waals surface area (Å²) in [4.78, 5) is 10.6. The number of benzene rings is 1. The summed E-state index contributed by atoms with van der Waals surface area (Å²) >= 11 is 0. The normalized spacial score (nSPS) is 10.6. The maximum absolute atomic E-state index is 10.6. The Morgan fingerprint density at radius 3 is 3.00 bits per heavy atom. The van der Waals surface area contributed by atoms with E-state index < -0.39 is 5.97 Å². The summed E-state index contributed by atoms with van der Waals surface area (Å²) in [6.45, 7) is 1.92. The highest BCUT2D eigenvalue weighted by Crippen LogP contribution is 2.22. The molecule has 0 saturated carbocycles. The van der Waals surface area contributed by atoms with Crippen molar-refractivity contribution < 1.29 is 14.3 Å². The maximum atomic E-state index is 10.6. The van der Waals surface area contributed by atoms with Crippen molar-refractivity contribution >= 4 is 16.9 Å². The second-order valence-corrected chi connectivity index (χ2v) is 3.33. The third kappa shape index (κ3) is 1.48. The minimum Gasteiger partial charge on any atom is -0.481 e. The van der Waals surface area contributed by atoms with E-state index in [1.807, 2.05) is 19.1 Å². The Balaban J connectivity index is 2.60. The maximum Gasteiger partial charge on any atom is 0.307 e. The van der Waals surface area contributed by atoms with Crippen molar-refractivity contribution in [2.24, 2.45) is 0 Å². The number of carbonyl (C=O) groups is 1. The van der Waals surface area contributed by atoms with Gasteiger partial charge in [-0.25, -0.2) is 0 Å². The fraction of sp³-hybridized carbons (Fsp3) is 0.182. The average molecular weight is 190 g/mol. The Labute approximate surface area is 81.0 Å². The van der Waals surface area contributed by atoms with Crippen molar-refractivity contribution in [1.82, 2.24) is 0 Å².